The second-order valence-electron chi connectivity index (χ2n) is 4.88. The molecule has 0 radical (unpaired) electrons. The van der Waals surface area contributed by atoms with Gasteiger partial charge in [-0.2, -0.15) is 0 Å². The molecule has 2 aliphatic rings. The molecule has 0 bridgehead atoms. The normalized spacial score (nSPS) is 42.6. The summed E-state index contributed by atoms with van der Waals surface area (Å²) in [6.07, 6.45) is 2.63. The summed E-state index contributed by atoms with van der Waals surface area (Å²) in [6.45, 7) is 4.26. The zero-order chi connectivity index (χ0) is 10.2. The van der Waals surface area contributed by atoms with Gasteiger partial charge >= 0.3 is 0 Å². The number of nitrogens with two attached hydrogens (primary N) is 1. The van der Waals surface area contributed by atoms with E-state index < -0.39 is 5.60 Å². The lowest BCUT2D eigenvalue weighted by Crippen LogP contribution is -2.61. The van der Waals surface area contributed by atoms with E-state index in [1.807, 2.05) is 6.92 Å². The Hall–Kier alpha value is -0.160. The van der Waals surface area contributed by atoms with Gasteiger partial charge in [-0.05, 0) is 32.9 Å². The van der Waals surface area contributed by atoms with E-state index in [4.69, 9.17) is 10.5 Å². The standard InChI is InChI=1S/C10H20N2O2/c1-9(13)7-10(14-6-8(9)11)2-4-12-5-3-10/h8,12-13H,2-7,11H2,1H3/t8-,9-/m0/s1. The highest BCUT2D eigenvalue weighted by atomic mass is 16.5. The molecule has 2 heterocycles. The third-order valence-corrected chi connectivity index (χ3v) is 3.56. The lowest BCUT2D eigenvalue weighted by Gasteiger charge is -2.48. The van der Waals surface area contributed by atoms with Crippen LogP contribution in [0, 0.1) is 0 Å². The lowest BCUT2D eigenvalue weighted by atomic mass is 9.76. The predicted molar refractivity (Wildman–Crippen MR) is 54.0 cm³/mol. The maximum atomic E-state index is 10.1. The Labute approximate surface area is 84.8 Å². The molecule has 2 fully saturated rings. The van der Waals surface area contributed by atoms with E-state index in [2.05, 4.69) is 5.32 Å². The van der Waals surface area contributed by atoms with Crippen LogP contribution in [0.1, 0.15) is 26.2 Å². The van der Waals surface area contributed by atoms with Gasteiger partial charge in [0.1, 0.15) is 0 Å². The number of hydrogen-bond donors (Lipinski definition) is 3. The van der Waals surface area contributed by atoms with E-state index in [-0.39, 0.29) is 11.6 Å². The topological polar surface area (TPSA) is 67.5 Å². The van der Waals surface area contributed by atoms with Gasteiger partial charge in [0.15, 0.2) is 0 Å². The summed E-state index contributed by atoms with van der Waals surface area (Å²) in [7, 11) is 0. The smallest absolute Gasteiger partial charge is 0.0819 e. The van der Waals surface area contributed by atoms with Gasteiger partial charge < -0.3 is 20.9 Å². The number of ether oxygens (including phenoxy) is 1. The van der Waals surface area contributed by atoms with Gasteiger partial charge in [0.2, 0.25) is 0 Å². The molecule has 0 aromatic rings. The molecule has 0 aliphatic carbocycles. The zero-order valence-corrected chi connectivity index (χ0v) is 8.75. The predicted octanol–water partition coefficient (Wildman–Crippen LogP) is -0.393. The van der Waals surface area contributed by atoms with E-state index in [1.165, 1.54) is 0 Å². The van der Waals surface area contributed by atoms with Gasteiger partial charge in [-0.15, -0.1) is 0 Å². The molecule has 14 heavy (non-hydrogen) atoms. The molecule has 0 aromatic heterocycles. The van der Waals surface area contributed by atoms with E-state index >= 15 is 0 Å². The first kappa shape index (κ1) is 10.4. The quantitative estimate of drug-likeness (QED) is 0.498. The highest BCUT2D eigenvalue weighted by Crippen LogP contribution is 2.37. The molecule has 2 rings (SSSR count). The van der Waals surface area contributed by atoms with Gasteiger partial charge in [0.25, 0.3) is 0 Å². The Morgan fingerprint density at radius 3 is 2.64 bits per heavy atom. The highest BCUT2D eigenvalue weighted by Gasteiger charge is 2.46. The summed E-state index contributed by atoms with van der Waals surface area (Å²) in [6, 6.07) is -0.247. The van der Waals surface area contributed by atoms with Crippen molar-refractivity contribution in [2.45, 2.75) is 43.4 Å². The fraction of sp³-hybridized carbons (Fsp3) is 1.00. The second-order valence-corrected chi connectivity index (χ2v) is 4.88. The average Bonchev–Trinajstić information content (AvgIpc) is 2.13. The summed E-state index contributed by atoms with van der Waals surface area (Å²) in [5.74, 6) is 0. The fourth-order valence-electron chi connectivity index (χ4n) is 2.48. The van der Waals surface area contributed by atoms with Crippen molar-refractivity contribution < 1.29 is 9.84 Å². The van der Waals surface area contributed by atoms with Crippen LogP contribution in [0.3, 0.4) is 0 Å². The van der Waals surface area contributed by atoms with Crippen molar-refractivity contribution in [3.8, 4) is 0 Å². The molecular weight excluding hydrogens is 180 g/mol. The SMILES string of the molecule is C[C@]1(O)CC2(CCNCC2)OC[C@@H]1N. The van der Waals surface area contributed by atoms with Gasteiger partial charge in [-0.3, -0.25) is 0 Å². The lowest BCUT2D eigenvalue weighted by molar-refractivity contribution is -0.174. The number of hydrogen-bond acceptors (Lipinski definition) is 4. The van der Waals surface area contributed by atoms with Crippen LogP contribution in [0.2, 0.25) is 0 Å². The van der Waals surface area contributed by atoms with E-state index in [9.17, 15) is 5.11 Å². The van der Waals surface area contributed by atoms with Crippen molar-refractivity contribution in [3.63, 3.8) is 0 Å². The molecule has 4 nitrogen and oxygen atoms in total. The third-order valence-electron chi connectivity index (χ3n) is 3.56. The number of aliphatic hydroxyl groups is 1. The summed E-state index contributed by atoms with van der Waals surface area (Å²) in [5.41, 5.74) is 4.92. The molecule has 2 saturated heterocycles. The maximum absolute atomic E-state index is 10.1. The summed E-state index contributed by atoms with van der Waals surface area (Å²) < 4.78 is 5.83. The van der Waals surface area contributed by atoms with Crippen molar-refractivity contribution in [1.29, 1.82) is 0 Å². The van der Waals surface area contributed by atoms with Crippen LogP contribution in [-0.2, 0) is 4.74 Å². The van der Waals surface area contributed by atoms with Gasteiger partial charge in [-0.25, -0.2) is 0 Å². The number of piperidine rings is 1. The van der Waals surface area contributed by atoms with Crippen LogP contribution in [0.25, 0.3) is 0 Å². The van der Waals surface area contributed by atoms with Crippen molar-refractivity contribution in [2.75, 3.05) is 19.7 Å². The molecule has 0 unspecified atom stereocenters. The average molecular weight is 200 g/mol. The molecule has 0 saturated carbocycles. The van der Waals surface area contributed by atoms with E-state index in [0.717, 1.165) is 25.9 Å². The molecule has 4 N–H and O–H groups in total. The summed E-state index contributed by atoms with van der Waals surface area (Å²) >= 11 is 0. The van der Waals surface area contributed by atoms with Gasteiger partial charge in [-0.1, -0.05) is 0 Å². The molecular formula is C10H20N2O2. The van der Waals surface area contributed by atoms with Crippen molar-refractivity contribution >= 4 is 0 Å². The summed E-state index contributed by atoms with van der Waals surface area (Å²) in [4.78, 5) is 0. The minimum absolute atomic E-state index is 0.120. The summed E-state index contributed by atoms with van der Waals surface area (Å²) in [5, 5.41) is 13.4. The first-order chi connectivity index (χ1) is 6.54. The highest BCUT2D eigenvalue weighted by molar-refractivity contribution is 5.00. The van der Waals surface area contributed by atoms with Crippen LogP contribution in [0.15, 0.2) is 0 Å². The Bertz CT molecular complexity index is 212. The minimum atomic E-state index is -0.768. The van der Waals surface area contributed by atoms with E-state index in [0.29, 0.717) is 13.0 Å². The molecule has 2 atom stereocenters. The Morgan fingerprint density at radius 1 is 1.43 bits per heavy atom. The Kier molecular flexibility index (Phi) is 2.55. The Balaban J connectivity index is 2.07. The molecule has 0 amide bonds. The van der Waals surface area contributed by atoms with Crippen LogP contribution in [0.4, 0.5) is 0 Å². The van der Waals surface area contributed by atoms with E-state index in [1.54, 1.807) is 0 Å². The van der Waals surface area contributed by atoms with Crippen LogP contribution >= 0.6 is 0 Å². The van der Waals surface area contributed by atoms with Crippen molar-refractivity contribution in [1.82, 2.24) is 5.32 Å². The number of nitrogens with one attached hydrogen (secondary N) is 1. The molecule has 1 spiro atoms. The molecule has 82 valence electrons. The van der Waals surface area contributed by atoms with Crippen molar-refractivity contribution in [2.24, 2.45) is 5.73 Å². The first-order valence-electron chi connectivity index (χ1n) is 5.37. The van der Waals surface area contributed by atoms with Gasteiger partial charge in [0, 0.05) is 6.42 Å². The molecule has 0 aromatic carbocycles. The fourth-order valence-corrected chi connectivity index (χ4v) is 2.48. The first-order valence-corrected chi connectivity index (χ1v) is 5.37. The Morgan fingerprint density at radius 2 is 2.07 bits per heavy atom. The van der Waals surface area contributed by atoms with Gasteiger partial charge in [0.05, 0.1) is 23.9 Å². The third kappa shape index (κ3) is 1.80. The zero-order valence-electron chi connectivity index (χ0n) is 8.75. The molecule has 2 aliphatic heterocycles. The number of rotatable bonds is 0. The largest absolute Gasteiger partial charge is 0.388 e. The van der Waals surface area contributed by atoms with Crippen LogP contribution in [0.5, 0.6) is 0 Å². The maximum Gasteiger partial charge on any atom is 0.0819 e. The van der Waals surface area contributed by atoms with Crippen LogP contribution < -0.4 is 11.1 Å². The second kappa shape index (κ2) is 3.45. The monoisotopic (exact) mass is 200 g/mol. The molecule has 4 heteroatoms. The minimum Gasteiger partial charge on any atom is -0.388 e. The van der Waals surface area contributed by atoms with Crippen molar-refractivity contribution in [3.05, 3.63) is 0 Å². The van der Waals surface area contributed by atoms with Crippen LogP contribution in [-0.4, -0.2) is 42.0 Å².